The summed E-state index contributed by atoms with van der Waals surface area (Å²) in [6, 6.07) is 3.32. The van der Waals surface area contributed by atoms with Gasteiger partial charge < -0.3 is 5.32 Å². The second-order valence-corrected chi connectivity index (χ2v) is 4.30. The van der Waals surface area contributed by atoms with Crippen molar-refractivity contribution in [3.63, 3.8) is 0 Å². The van der Waals surface area contributed by atoms with Gasteiger partial charge in [0.2, 0.25) is 0 Å². The average Bonchev–Trinajstić information content (AvgIpc) is 2.65. The molecule has 1 N–H and O–H groups in total. The van der Waals surface area contributed by atoms with Crippen molar-refractivity contribution in [2.75, 3.05) is 0 Å². The highest BCUT2D eigenvalue weighted by molar-refractivity contribution is 6.32. The maximum atomic E-state index is 11.9. The van der Waals surface area contributed by atoms with Gasteiger partial charge in [-0.1, -0.05) is 11.6 Å². The maximum absolute atomic E-state index is 11.9. The van der Waals surface area contributed by atoms with Gasteiger partial charge in [0.25, 0.3) is 5.91 Å². The van der Waals surface area contributed by atoms with E-state index in [1.54, 1.807) is 23.0 Å². The van der Waals surface area contributed by atoms with Crippen LogP contribution in [0.5, 0.6) is 0 Å². The van der Waals surface area contributed by atoms with Gasteiger partial charge in [0.05, 0.1) is 11.3 Å². The van der Waals surface area contributed by atoms with Gasteiger partial charge >= 0.3 is 0 Å². The van der Waals surface area contributed by atoms with Crippen molar-refractivity contribution < 1.29 is 4.79 Å². The fraction of sp³-hybridized carbons (Fsp3) is 0.250. The molecule has 0 aliphatic heterocycles. The van der Waals surface area contributed by atoms with E-state index in [0.29, 0.717) is 12.1 Å². The van der Waals surface area contributed by atoms with Crippen molar-refractivity contribution in [3.05, 3.63) is 46.5 Å². The number of halogens is 1. The van der Waals surface area contributed by atoms with Crippen LogP contribution >= 0.6 is 11.6 Å². The molecule has 0 aliphatic rings. The molecule has 0 radical (unpaired) electrons. The SMILES string of the molecule is Cc1nn(C)cc1CNC(=O)c1cccnc1Cl. The zero-order valence-electron chi connectivity index (χ0n) is 10.1. The van der Waals surface area contributed by atoms with Gasteiger partial charge in [0.15, 0.2) is 0 Å². The van der Waals surface area contributed by atoms with Crippen LogP contribution in [0.1, 0.15) is 21.6 Å². The summed E-state index contributed by atoms with van der Waals surface area (Å²) in [5.41, 5.74) is 2.25. The smallest absolute Gasteiger partial charge is 0.254 e. The van der Waals surface area contributed by atoms with E-state index in [4.69, 9.17) is 11.6 Å². The van der Waals surface area contributed by atoms with Crippen LogP contribution < -0.4 is 5.32 Å². The lowest BCUT2D eigenvalue weighted by Gasteiger charge is -2.05. The lowest BCUT2D eigenvalue weighted by Crippen LogP contribution is -2.23. The molecule has 2 aromatic rings. The molecule has 0 aromatic carbocycles. The first-order valence-electron chi connectivity index (χ1n) is 5.46. The second kappa shape index (κ2) is 5.18. The molecule has 2 rings (SSSR count). The van der Waals surface area contributed by atoms with Crippen LogP contribution in [0.25, 0.3) is 0 Å². The number of carbonyl (C=O) groups is 1. The number of nitrogens with one attached hydrogen (secondary N) is 1. The largest absolute Gasteiger partial charge is 0.348 e. The second-order valence-electron chi connectivity index (χ2n) is 3.94. The summed E-state index contributed by atoms with van der Waals surface area (Å²) < 4.78 is 1.72. The Kier molecular flexibility index (Phi) is 3.62. The number of aromatic nitrogens is 3. The van der Waals surface area contributed by atoms with Gasteiger partial charge in [-0.3, -0.25) is 9.48 Å². The standard InChI is InChI=1S/C12H13ClN4O/c1-8-9(7-17(2)16-8)6-15-12(18)10-4-3-5-14-11(10)13/h3-5,7H,6H2,1-2H3,(H,15,18). The van der Waals surface area contributed by atoms with E-state index >= 15 is 0 Å². The Hall–Kier alpha value is -1.88. The summed E-state index contributed by atoms with van der Waals surface area (Å²) in [5, 5.41) is 7.21. The highest BCUT2D eigenvalue weighted by atomic mass is 35.5. The van der Waals surface area contributed by atoms with Crippen LogP contribution in [0.4, 0.5) is 0 Å². The summed E-state index contributed by atoms with van der Waals surface area (Å²) in [6.07, 6.45) is 3.42. The van der Waals surface area contributed by atoms with Crippen LogP contribution in [-0.4, -0.2) is 20.7 Å². The van der Waals surface area contributed by atoms with Crippen molar-refractivity contribution in [1.82, 2.24) is 20.1 Å². The lowest BCUT2D eigenvalue weighted by atomic mass is 10.2. The molecule has 1 amide bonds. The van der Waals surface area contributed by atoms with Crippen molar-refractivity contribution in [1.29, 1.82) is 0 Å². The molecule has 0 unspecified atom stereocenters. The third-order valence-corrected chi connectivity index (χ3v) is 2.86. The fourth-order valence-electron chi connectivity index (χ4n) is 1.65. The highest BCUT2D eigenvalue weighted by Crippen LogP contribution is 2.11. The van der Waals surface area contributed by atoms with Crippen molar-refractivity contribution >= 4 is 17.5 Å². The van der Waals surface area contributed by atoms with E-state index in [1.807, 2.05) is 20.2 Å². The number of aryl methyl sites for hydroxylation is 2. The minimum Gasteiger partial charge on any atom is -0.348 e. The minimum atomic E-state index is -0.239. The Balaban J connectivity index is 2.05. The first kappa shape index (κ1) is 12.6. The molecule has 18 heavy (non-hydrogen) atoms. The predicted molar refractivity (Wildman–Crippen MR) is 68.4 cm³/mol. The monoisotopic (exact) mass is 264 g/mol. The molecule has 94 valence electrons. The maximum Gasteiger partial charge on any atom is 0.254 e. The van der Waals surface area contributed by atoms with Crippen LogP contribution in [0.2, 0.25) is 5.15 Å². The van der Waals surface area contributed by atoms with Gasteiger partial charge in [-0.25, -0.2) is 4.98 Å². The molecular formula is C12H13ClN4O. The summed E-state index contributed by atoms with van der Waals surface area (Å²) in [7, 11) is 1.84. The quantitative estimate of drug-likeness (QED) is 0.859. The molecule has 0 bridgehead atoms. The van der Waals surface area contributed by atoms with Gasteiger partial charge in [0.1, 0.15) is 5.15 Å². The van der Waals surface area contributed by atoms with Crippen LogP contribution in [0.3, 0.4) is 0 Å². The van der Waals surface area contributed by atoms with Gasteiger partial charge in [-0.15, -0.1) is 0 Å². The minimum absolute atomic E-state index is 0.206. The van der Waals surface area contributed by atoms with Crippen LogP contribution in [0.15, 0.2) is 24.5 Å². The number of pyridine rings is 1. The zero-order valence-corrected chi connectivity index (χ0v) is 10.9. The molecule has 6 heteroatoms. The Labute approximate surface area is 110 Å². The van der Waals surface area contributed by atoms with Crippen LogP contribution in [0, 0.1) is 6.92 Å². The summed E-state index contributed by atoms with van der Waals surface area (Å²) >= 11 is 5.85. The summed E-state index contributed by atoms with van der Waals surface area (Å²) in [6.45, 7) is 2.32. The van der Waals surface area contributed by atoms with E-state index in [9.17, 15) is 4.79 Å². The van der Waals surface area contributed by atoms with Crippen molar-refractivity contribution in [2.45, 2.75) is 13.5 Å². The Morgan fingerprint density at radius 2 is 2.33 bits per heavy atom. The Bertz CT molecular complexity index is 579. The molecule has 0 atom stereocenters. The lowest BCUT2D eigenvalue weighted by molar-refractivity contribution is 0.0950. The van der Waals surface area contributed by atoms with E-state index in [2.05, 4.69) is 15.4 Å². The van der Waals surface area contributed by atoms with Crippen LogP contribution in [-0.2, 0) is 13.6 Å². The Morgan fingerprint density at radius 1 is 1.56 bits per heavy atom. The molecule has 2 heterocycles. The van der Waals surface area contributed by atoms with Gasteiger partial charge in [-0.2, -0.15) is 5.10 Å². The number of carbonyl (C=O) groups excluding carboxylic acids is 1. The van der Waals surface area contributed by atoms with Crippen molar-refractivity contribution in [3.8, 4) is 0 Å². The molecule has 0 saturated heterocycles. The molecule has 0 aliphatic carbocycles. The Morgan fingerprint density at radius 3 is 2.94 bits per heavy atom. The number of hydrogen-bond acceptors (Lipinski definition) is 3. The predicted octanol–water partition coefficient (Wildman–Crippen LogP) is 1.71. The summed E-state index contributed by atoms with van der Waals surface area (Å²) in [4.78, 5) is 15.8. The highest BCUT2D eigenvalue weighted by Gasteiger charge is 2.11. The molecule has 0 spiro atoms. The van der Waals surface area contributed by atoms with Crippen molar-refractivity contribution in [2.24, 2.45) is 7.05 Å². The van der Waals surface area contributed by atoms with E-state index in [-0.39, 0.29) is 11.1 Å². The van der Waals surface area contributed by atoms with Gasteiger partial charge in [0, 0.05) is 31.5 Å². The third kappa shape index (κ3) is 2.68. The average molecular weight is 265 g/mol. The first-order chi connectivity index (χ1) is 8.58. The molecular weight excluding hydrogens is 252 g/mol. The normalized spacial score (nSPS) is 10.4. The summed E-state index contributed by atoms with van der Waals surface area (Å²) in [5.74, 6) is -0.239. The first-order valence-corrected chi connectivity index (χ1v) is 5.83. The van der Waals surface area contributed by atoms with Gasteiger partial charge in [-0.05, 0) is 19.1 Å². The number of rotatable bonds is 3. The number of amides is 1. The molecule has 0 saturated carbocycles. The topological polar surface area (TPSA) is 59.8 Å². The number of hydrogen-bond donors (Lipinski definition) is 1. The molecule has 0 fully saturated rings. The van der Waals surface area contributed by atoms with E-state index in [0.717, 1.165) is 11.3 Å². The zero-order chi connectivity index (χ0) is 13.1. The number of nitrogens with zero attached hydrogens (tertiary/aromatic N) is 3. The third-order valence-electron chi connectivity index (χ3n) is 2.56. The van der Waals surface area contributed by atoms with E-state index < -0.39 is 0 Å². The molecule has 5 nitrogen and oxygen atoms in total. The fourth-order valence-corrected chi connectivity index (χ4v) is 1.85. The van der Waals surface area contributed by atoms with E-state index in [1.165, 1.54) is 0 Å². The molecule has 2 aromatic heterocycles.